The molecule has 0 aliphatic heterocycles. The lowest BCUT2D eigenvalue weighted by Gasteiger charge is -2.10. The number of H-pyrrole nitrogens is 1. The van der Waals surface area contributed by atoms with Crippen molar-refractivity contribution >= 4 is 5.91 Å². The number of amides is 1. The van der Waals surface area contributed by atoms with E-state index in [4.69, 9.17) is 0 Å². The third kappa shape index (κ3) is 2.52. The van der Waals surface area contributed by atoms with E-state index in [0.717, 1.165) is 17.2 Å². The first-order chi connectivity index (χ1) is 8.90. The molecule has 0 radical (unpaired) electrons. The second-order valence-corrected chi connectivity index (χ2v) is 4.82. The summed E-state index contributed by atoms with van der Waals surface area (Å²) >= 11 is 0. The van der Waals surface area contributed by atoms with Crippen molar-refractivity contribution in [3.05, 3.63) is 34.7 Å². The van der Waals surface area contributed by atoms with Gasteiger partial charge in [0.25, 0.3) is 5.91 Å². The molecule has 6 heteroatoms. The van der Waals surface area contributed by atoms with Crippen LogP contribution in [0.2, 0.25) is 0 Å². The minimum Gasteiger partial charge on any atom is -0.351 e. The molecule has 1 amide bonds. The van der Waals surface area contributed by atoms with E-state index in [9.17, 15) is 4.79 Å². The van der Waals surface area contributed by atoms with Crippen LogP contribution in [0.3, 0.4) is 0 Å². The maximum Gasteiger partial charge on any atom is 0.253 e. The summed E-state index contributed by atoms with van der Waals surface area (Å²) in [4.78, 5) is 16.4. The quantitative estimate of drug-likeness (QED) is 0.880. The molecule has 6 nitrogen and oxygen atoms in total. The van der Waals surface area contributed by atoms with E-state index in [1.54, 1.807) is 0 Å². The van der Waals surface area contributed by atoms with E-state index < -0.39 is 0 Å². The van der Waals surface area contributed by atoms with Gasteiger partial charge in [0, 0.05) is 18.4 Å². The number of aromatic amines is 1. The number of aryl methyl sites for hydroxylation is 2. The van der Waals surface area contributed by atoms with Crippen molar-refractivity contribution in [2.75, 3.05) is 0 Å². The lowest BCUT2D eigenvalue weighted by molar-refractivity contribution is 0.0937. The Morgan fingerprint density at radius 2 is 2.11 bits per heavy atom. The molecule has 0 spiro atoms. The molecule has 0 aromatic carbocycles. The first-order valence-corrected chi connectivity index (χ1v) is 6.23. The molecule has 19 heavy (non-hydrogen) atoms. The van der Waals surface area contributed by atoms with Crippen molar-refractivity contribution in [2.45, 2.75) is 33.7 Å². The Balaban J connectivity index is 2.15. The van der Waals surface area contributed by atoms with Crippen LogP contribution < -0.4 is 5.32 Å². The molecule has 2 aromatic rings. The highest BCUT2D eigenvalue weighted by Gasteiger charge is 2.18. The van der Waals surface area contributed by atoms with E-state index in [0.29, 0.717) is 11.4 Å². The van der Waals surface area contributed by atoms with Crippen LogP contribution in [0.1, 0.15) is 46.4 Å². The van der Waals surface area contributed by atoms with E-state index in [2.05, 4.69) is 20.5 Å². The van der Waals surface area contributed by atoms with Gasteiger partial charge < -0.3 is 9.88 Å². The number of aromatic nitrogens is 4. The summed E-state index contributed by atoms with van der Waals surface area (Å²) in [7, 11) is 1.95. The van der Waals surface area contributed by atoms with Crippen LogP contribution in [0.15, 0.2) is 6.07 Å². The fourth-order valence-corrected chi connectivity index (χ4v) is 1.98. The fraction of sp³-hybridized carbons (Fsp3) is 0.462. The van der Waals surface area contributed by atoms with Crippen LogP contribution in [0.25, 0.3) is 0 Å². The number of carbonyl (C=O) groups is 1. The number of rotatable bonds is 3. The average Bonchev–Trinajstić information content (AvgIpc) is 2.89. The normalized spacial score (nSPS) is 12.5. The Morgan fingerprint density at radius 3 is 2.58 bits per heavy atom. The second-order valence-electron chi connectivity index (χ2n) is 4.82. The molecule has 1 atom stereocenters. The average molecular weight is 261 g/mol. The molecule has 2 N–H and O–H groups in total. The van der Waals surface area contributed by atoms with Crippen LogP contribution in [0.5, 0.6) is 0 Å². The number of hydrogen-bond donors (Lipinski definition) is 2. The minimum absolute atomic E-state index is 0.101. The molecule has 2 aromatic heterocycles. The number of nitrogens with zero attached hydrogens (tertiary/aromatic N) is 3. The molecule has 0 aliphatic carbocycles. The first kappa shape index (κ1) is 13.3. The Labute approximate surface area is 112 Å². The number of nitrogens with one attached hydrogen (secondary N) is 2. The molecule has 102 valence electrons. The Bertz CT molecular complexity index is 611. The predicted molar refractivity (Wildman–Crippen MR) is 71.9 cm³/mol. The van der Waals surface area contributed by atoms with Crippen molar-refractivity contribution in [1.82, 2.24) is 25.1 Å². The van der Waals surface area contributed by atoms with Crippen LogP contribution in [-0.4, -0.2) is 25.7 Å². The monoisotopic (exact) mass is 261 g/mol. The number of carbonyl (C=O) groups excluding carboxylic acids is 1. The van der Waals surface area contributed by atoms with Gasteiger partial charge in [-0.1, -0.05) is 0 Å². The SMILES string of the molecule is Cc1nc([C@H](C)NC(=O)c2cc(C)n(C)c2C)n[nH]1. The van der Waals surface area contributed by atoms with Crippen LogP contribution >= 0.6 is 0 Å². The molecule has 0 bridgehead atoms. The van der Waals surface area contributed by atoms with Gasteiger partial charge in [0.1, 0.15) is 5.82 Å². The summed E-state index contributed by atoms with van der Waals surface area (Å²) in [6, 6.07) is 1.66. The summed E-state index contributed by atoms with van der Waals surface area (Å²) in [5.74, 6) is 1.23. The predicted octanol–water partition coefficient (Wildman–Crippen LogP) is 1.56. The first-order valence-electron chi connectivity index (χ1n) is 6.23. The zero-order valence-corrected chi connectivity index (χ0v) is 11.9. The Morgan fingerprint density at radius 1 is 1.42 bits per heavy atom. The van der Waals surface area contributed by atoms with Crippen molar-refractivity contribution in [2.24, 2.45) is 7.05 Å². The van der Waals surface area contributed by atoms with Crippen LogP contribution in [0.4, 0.5) is 0 Å². The lowest BCUT2D eigenvalue weighted by Crippen LogP contribution is -2.27. The molecule has 2 rings (SSSR count). The molecular formula is C13H19N5O. The van der Waals surface area contributed by atoms with E-state index in [1.165, 1.54) is 0 Å². The second kappa shape index (κ2) is 4.87. The lowest BCUT2D eigenvalue weighted by atomic mass is 10.2. The zero-order valence-electron chi connectivity index (χ0n) is 11.9. The van der Waals surface area contributed by atoms with Crippen LogP contribution in [-0.2, 0) is 7.05 Å². The van der Waals surface area contributed by atoms with Gasteiger partial charge >= 0.3 is 0 Å². The van der Waals surface area contributed by atoms with Gasteiger partial charge in [-0.05, 0) is 33.8 Å². The molecule has 2 heterocycles. The summed E-state index contributed by atoms with van der Waals surface area (Å²) < 4.78 is 2.00. The van der Waals surface area contributed by atoms with Gasteiger partial charge in [0.2, 0.25) is 0 Å². The summed E-state index contributed by atoms with van der Waals surface area (Å²) in [6.07, 6.45) is 0. The molecule has 0 saturated heterocycles. The summed E-state index contributed by atoms with van der Waals surface area (Å²) in [5, 5.41) is 9.73. The number of hydrogen-bond acceptors (Lipinski definition) is 3. The summed E-state index contributed by atoms with van der Waals surface area (Å²) in [6.45, 7) is 7.61. The highest BCUT2D eigenvalue weighted by atomic mass is 16.1. The topological polar surface area (TPSA) is 75.6 Å². The highest BCUT2D eigenvalue weighted by molar-refractivity contribution is 5.95. The molecule has 0 unspecified atom stereocenters. The van der Waals surface area contributed by atoms with E-state index in [1.807, 2.05) is 45.4 Å². The molecule has 0 saturated carbocycles. The Hall–Kier alpha value is -2.11. The van der Waals surface area contributed by atoms with Gasteiger partial charge in [-0.3, -0.25) is 9.89 Å². The van der Waals surface area contributed by atoms with Gasteiger partial charge in [-0.15, -0.1) is 0 Å². The van der Waals surface area contributed by atoms with Crippen molar-refractivity contribution in [1.29, 1.82) is 0 Å². The minimum atomic E-state index is -0.225. The van der Waals surface area contributed by atoms with E-state index in [-0.39, 0.29) is 11.9 Å². The van der Waals surface area contributed by atoms with Gasteiger partial charge in [0.05, 0.1) is 11.6 Å². The van der Waals surface area contributed by atoms with Crippen LogP contribution in [0, 0.1) is 20.8 Å². The third-order valence-corrected chi connectivity index (χ3v) is 3.37. The van der Waals surface area contributed by atoms with Gasteiger partial charge in [-0.25, -0.2) is 4.98 Å². The van der Waals surface area contributed by atoms with Gasteiger partial charge in [0.15, 0.2) is 5.82 Å². The highest BCUT2D eigenvalue weighted by Crippen LogP contribution is 2.15. The largest absolute Gasteiger partial charge is 0.351 e. The van der Waals surface area contributed by atoms with E-state index >= 15 is 0 Å². The maximum atomic E-state index is 12.2. The molecular weight excluding hydrogens is 242 g/mol. The van der Waals surface area contributed by atoms with Crippen molar-refractivity contribution in [3.8, 4) is 0 Å². The fourth-order valence-electron chi connectivity index (χ4n) is 1.98. The zero-order chi connectivity index (χ0) is 14.2. The summed E-state index contributed by atoms with van der Waals surface area (Å²) in [5.41, 5.74) is 2.71. The smallest absolute Gasteiger partial charge is 0.253 e. The van der Waals surface area contributed by atoms with Crippen molar-refractivity contribution in [3.63, 3.8) is 0 Å². The molecule has 0 aliphatic rings. The van der Waals surface area contributed by atoms with Gasteiger partial charge in [-0.2, -0.15) is 5.10 Å². The maximum absolute atomic E-state index is 12.2. The third-order valence-electron chi connectivity index (χ3n) is 3.37. The molecule has 0 fully saturated rings. The standard InChI is InChI=1S/C13H19N5O/c1-7-6-11(9(3)18(7)5)13(19)14-8(2)12-15-10(4)16-17-12/h6,8H,1-5H3,(H,14,19)(H,15,16,17)/t8-/m0/s1. The van der Waals surface area contributed by atoms with Crippen molar-refractivity contribution < 1.29 is 4.79 Å². The Kier molecular flexibility index (Phi) is 3.42.